The Bertz CT molecular complexity index is 484. The van der Waals surface area contributed by atoms with Crippen molar-refractivity contribution in [2.75, 3.05) is 20.2 Å². The number of halogens is 1. The summed E-state index contributed by atoms with van der Waals surface area (Å²) in [5.74, 6) is 0.869. The summed E-state index contributed by atoms with van der Waals surface area (Å²) in [6.07, 6.45) is 7.46. The van der Waals surface area contributed by atoms with Gasteiger partial charge in [-0.15, -0.1) is 0 Å². The van der Waals surface area contributed by atoms with Gasteiger partial charge in [0, 0.05) is 18.5 Å². The molecule has 1 aromatic carbocycles. The predicted octanol–water partition coefficient (Wildman–Crippen LogP) is 3.67. The molecule has 0 saturated carbocycles. The fourth-order valence-electron chi connectivity index (χ4n) is 3.24. The minimum absolute atomic E-state index is 0.00600. The number of ether oxygens (including phenoxy) is 1. The number of hydrogen-bond acceptors (Lipinski definition) is 2. The molecule has 3 rings (SSSR count). The second-order valence-corrected chi connectivity index (χ2v) is 5.89. The third kappa shape index (κ3) is 2.47. The van der Waals surface area contributed by atoms with Gasteiger partial charge in [-0.05, 0) is 43.4 Å². The molecule has 0 bridgehead atoms. The van der Waals surface area contributed by atoms with Crippen molar-refractivity contribution in [1.82, 2.24) is 4.90 Å². The minimum Gasteiger partial charge on any atom is -0.497 e. The Kier molecular flexibility index (Phi) is 3.79. The molecule has 1 fully saturated rings. The van der Waals surface area contributed by atoms with Gasteiger partial charge in [0.15, 0.2) is 6.30 Å². The van der Waals surface area contributed by atoms with E-state index < -0.39 is 6.30 Å². The molecule has 2 atom stereocenters. The molecule has 3 heteroatoms. The molecule has 0 amide bonds. The van der Waals surface area contributed by atoms with Gasteiger partial charge in [0.25, 0.3) is 0 Å². The lowest BCUT2D eigenvalue weighted by atomic mass is 9.70. The first-order chi connectivity index (χ1) is 9.73. The van der Waals surface area contributed by atoms with E-state index in [0.29, 0.717) is 6.42 Å². The molecule has 1 aromatic rings. The maximum absolute atomic E-state index is 14.1. The topological polar surface area (TPSA) is 12.5 Å². The Morgan fingerprint density at radius 1 is 1.30 bits per heavy atom. The monoisotopic (exact) mass is 275 g/mol. The van der Waals surface area contributed by atoms with Crippen molar-refractivity contribution in [3.63, 3.8) is 0 Å². The van der Waals surface area contributed by atoms with Crippen molar-refractivity contribution in [1.29, 1.82) is 0 Å². The average molecular weight is 275 g/mol. The highest BCUT2D eigenvalue weighted by Gasteiger charge is 2.37. The van der Waals surface area contributed by atoms with Gasteiger partial charge in [-0.3, -0.25) is 4.90 Å². The van der Waals surface area contributed by atoms with E-state index in [1.54, 1.807) is 7.11 Å². The zero-order valence-corrected chi connectivity index (χ0v) is 12.0. The molecular weight excluding hydrogens is 253 g/mol. The Morgan fingerprint density at radius 3 is 2.60 bits per heavy atom. The number of allylic oxidation sites excluding steroid dienone is 1. The van der Waals surface area contributed by atoms with E-state index in [1.807, 2.05) is 17.0 Å². The number of likely N-dealkylation sites (tertiary alicyclic amines) is 1. The Morgan fingerprint density at radius 2 is 2.05 bits per heavy atom. The van der Waals surface area contributed by atoms with Gasteiger partial charge in [-0.2, -0.15) is 0 Å². The zero-order valence-electron chi connectivity index (χ0n) is 12.0. The van der Waals surface area contributed by atoms with Crippen LogP contribution >= 0.6 is 0 Å². The largest absolute Gasteiger partial charge is 0.497 e. The summed E-state index contributed by atoms with van der Waals surface area (Å²) in [7, 11) is 1.68. The Labute approximate surface area is 120 Å². The minimum atomic E-state index is -0.770. The van der Waals surface area contributed by atoms with Crippen LogP contribution in [0.2, 0.25) is 0 Å². The van der Waals surface area contributed by atoms with Gasteiger partial charge in [0.1, 0.15) is 5.75 Å². The summed E-state index contributed by atoms with van der Waals surface area (Å²) >= 11 is 0. The van der Waals surface area contributed by atoms with Crippen LogP contribution in [-0.2, 0) is 5.41 Å². The first kappa shape index (κ1) is 13.6. The van der Waals surface area contributed by atoms with E-state index in [-0.39, 0.29) is 5.41 Å². The molecule has 1 saturated heterocycles. The van der Waals surface area contributed by atoms with Crippen LogP contribution in [0.1, 0.15) is 31.2 Å². The molecule has 0 N–H and O–H groups in total. The number of piperidine rings is 1. The molecule has 0 aromatic heterocycles. The van der Waals surface area contributed by atoms with Gasteiger partial charge in [0.05, 0.1) is 7.11 Å². The third-order valence-corrected chi connectivity index (χ3v) is 4.60. The molecule has 2 aliphatic rings. The van der Waals surface area contributed by atoms with Crippen molar-refractivity contribution in [2.24, 2.45) is 0 Å². The maximum atomic E-state index is 14.1. The molecule has 1 heterocycles. The lowest BCUT2D eigenvalue weighted by molar-refractivity contribution is 0.0311. The number of benzene rings is 1. The van der Waals surface area contributed by atoms with Crippen LogP contribution in [0.25, 0.3) is 0 Å². The maximum Gasteiger partial charge on any atom is 0.153 e. The molecule has 20 heavy (non-hydrogen) atoms. The molecule has 2 unspecified atom stereocenters. The fraction of sp³-hybridized carbons (Fsp3) is 0.529. The number of alkyl halides is 1. The molecule has 2 nitrogen and oxygen atoms in total. The van der Waals surface area contributed by atoms with E-state index in [9.17, 15) is 4.39 Å². The number of nitrogens with zero attached hydrogens (tertiary/aromatic N) is 1. The van der Waals surface area contributed by atoms with E-state index >= 15 is 0 Å². The van der Waals surface area contributed by atoms with Crippen molar-refractivity contribution < 1.29 is 9.13 Å². The molecule has 108 valence electrons. The molecule has 0 radical (unpaired) electrons. The van der Waals surface area contributed by atoms with Crippen LogP contribution in [0.5, 0.6) is 5.75 Å². The van der Waals surface area contributed by atoms with Gasteiger partial charge in [-0.25, -0.2) is 4.39 Å². The fourth-order valence-corrected chi connectivity index (χ4v) is 3.24. The van der Waals surface area contributed by atoms with E-state index in [2.05, 4.69) is 24.3 Å². The first-order valence-electron chi connectivity index (χ1n) is 7.44. The third-order valence-electron chi connectivity index (χ3n) is 4.60. The highest BCUT2D eigenvalue weighted by molar-refractivity contribution is 5.40. The first-order valence-corrected chi connectivity index (χ1v) is 7.44. The summed E-state index contributed by atoms with van der Waals surface area (Å²) in [6.45, 7) is 1.67. The zero-order chi connectivity index (χ0) is 14.0. The van der Waals surface area contributed by atoms with Crippen LogP contribution in [-0.4, -0.2) is 31.4 Å². The summed E-state index contributed by atoms with van der Waals surface area (Å²) in [5.41, 5.74) is 1.26. The lowest BCUT2D eigenvalue weighted by Crippen LogP contribution is -2.47. The van der Waals surface area contributed by atoms with Crippen LogP contribution in [0.15, 0.2) is 36.4 Å². The van der Waals surface area contributed by atoms with Crippen LogP contribution in [0, 0.1) is 0 Å². The van der Waals surface area contributed by atoms with Crippen molar-refractivity contribution in [3.8, 4) is 5.75 Å². The molecule has 1 aliphatic carbocycles. The van der Waals surface area contributed by atoms with E-state index in [0.717, 1.165) is 38.1 Å². The quantitative estimate of drug-likeness (QED) is 0.614. The lowest BCUT2D eigenvalue weighted by Gasteiger charge is -2.43. The predicted molar refractivity (Wildman–Crippen MR) is 78.7 cm³/mol. The van der Waals surface area contributed by atoms with Gasteiger partial charge >= 0.3 is 0 Å². The van der Waals surface area contributed by atoms with Gasteiger partial charge in [0.2, 0.25) is 0 Å². The molecule has 0 spiro atoms. The second kappa shape index (κ2) is 5.57. The van der Waals surface area contributed by atoms with Gasteiger partial charge in [-0.1, -0.05) is 24.3 Å². The van der Waals surface area contributed by atoms with Gasteiger partial charge < -0.3 is 4.74 Å². The summed E-state index contributed by atoms with van der Waals surface area (Å²) in [6, 6.07) is 8.21. The molecule has 1 aliphatic heterocycles. The van der Waals surface area contributed by atoms with Crippen molar-refractivity contribution in [2.45, 2.75) is 37.4 Å². The van der Waals surface area contributed by atoms with Crippen molar-refractivity contribution >= 4 is 0 Å². The van der Waals surface area contributed by atoms with Crippen LogP contribution < -0.4 is 4.74 Å². The van der Waals surface area contributed by atoms with Crippen LogP contribution in [0.4, 0.5) is 4.39 Å². The summed E-state index contributed by atoms with van der Waals surface area (Å²) in [5, 5.41) is 0. The number of rotatable bonds is 4. The van der Waals surface area contributed by atoms with Crippen LogP contribution in [0.3, 0.4) is 0 Å². The van der Waals surface area contributed by atoms with E-state index in [1.165, 1.54) is 5.56 Å². The van der Waals surface area contributed by atoms with Crippen molar-refractivity contribution in [3.05, 3.63) is 42.0 Å². The highest BCUT2D eigenvalue weighted by atomic mass is 19.1. The second-order valence-electron chi connectivity index (χ2n) is 5.89. The summed E-state index contributed by atoms with van der Waals surface area (Å²) in [4.78, 5) is 2.01. The smallest absolute Gasteiger partial charge is 0.153 e. The standard InChI is InChI=1S/C17H22FNO/c1-20-15-8-6-14(7-9-15)17(10-4-11-17)13-19-12-3-2-5-16(19)18/h4,6-10,16H,2-3,5,11-13H2,1H3. The Hall–Kier alpha value is -1.35. The highest BCUT2D eigenvalue weighted by Crippen LogP contribution is 2.39. The summed E-state index contributed by atoms with van der Waals surface area (Å²) < 4.78 is 19.3. The average Bonchev–Trinajstić information content (AvgIpc) is 2.45. The number of methoxy groups -OCH3 is 1. The SMILES string of the molecule is COc1ccc(C2(CN3CCCCC3F)C=CC2)cc1. The number of hydrogen-bond donors (Lipinski definition) is 0. The molecular formula is C17H22FNO. The normalized spacial score (nSPS) is 30.0. The Balaban J connectivity index is 1.78. The van der Waals surface area contributed by atoms with E-state index in [4.69, 9.17) is 4.74 Å².